The van der Waals surface area contributed by atoms with Crippen LogP contribution >= 0.6 is 15.9 Å². The van der Waals surface area contributed by atoms with Crippen LogP contribution in [0.3, 0.4) is 0 Å². The van der Waals surface area contributed by atoms with Gasteiger partial charge >= 0.3 is 0 Å². The summed E-state index contributed by atoms with van der Waals surface area (Å²) in [6.07, 6.45) is 1.58. The van der Waals surface area contributed by atoms with Crippen LogP contribution in [0.2, 0.25) is 0 Å². The average Bonchev–Trinajstić information content (AvgIpc) is 2.44. The Bertz CT molecular complexity index is 609. The minimum Gasteiger partial charge on any atom is -0.369 e. The molecule has 1 unspecified atom stereocenters. The first-order valence-corrected chi connectivity index (χ1v) is 7.52. The summed E-state index contributed by atoms with van der Waals surface area (Å²) in [5.41, 5.74) is 8.92. The molecule has 0 aliphatic rings. The predicted octanol–water partition coefficient (Wildman–Crippen LogP) is 3.82. The highest BCUT2D eigenvalue weighted by atomic mass is 79.9. The third-order valence-corrected chi connectivity index (χ3v) is 3.93. The fourth-order valence-corrected chi connectivity index (χ4v) is 2.76. The number of halogens is 1. The first-order valence-electron chi connectivity index (χ1n) is 6.72. The molecule has 0 spiro atoms. The standard InChI is InChI=1S/C17H18BrNO/c1-2-12-5-3-7-14(9-12)16(17(19)20)11-13-6-4-8-15(18)10-13/h3-10,16H,2,11H2,1H3,(H2,19,20). The summed E-state index contributed by atoms with van der Waals surface area (Å²) in [5.74, 6) is -0.561. The molecule has 2 aromatic carbocycles. The van der Waals surface area contributed by atoms with E-state index < -0.39 is 0 Å². The van der Waals surface area contributed by atoms with Crippen LogP contribution in [-0.4, -0.2) is 5.91 Å². The van der Waals surface area contributed by atoms with Crippen LogP contribution in [-0.2, 0) is 17.6 Å². The van der Waals surface area contributed by atoms with Crippen molar-refractivity contribution in [1.29, 1.82) is 0 Å². The first-order chi connectivity index (χ1) is 9.60. The summed E-state index contributed by atoms with van der Waals surface area (Å²) in [7, 11) is 0. The minimum atomic E-state index is -0.282. The number of hydrogen-bond donors (Lipinski definition) is 1. The fraction of sp³-hybridized carbons (Fsp3) is 0.235. The fourth-order valence-electron chi connectivity index (χ4n) is 2.31. The lowest BCUT2D eigenvalue weighted by Crippen LogP contribution is -2.23. The Morgan fingerprint density at radius 2 is 1.85 bits per heavy atom. The molecule has 1 atom stereocenters. The predicted molar refractivity (Wildman–Crippen MR) is 85.6 cm³/mol. The first kappa shape index (κ1) is 14.8. The topological polar surface area (TPSA) is 43.1 Å². The normalized spacial score (nSPS) is 12.1. The van der Waals surface area contributed by atoms with E-state index in [0.717, 1.165) is 22.0 Å². The van der Waals surface area contributed by atoms with Crippen molar-refractivity contribution >= 4 is 21.8 Å². The van der Waals surface area contributed by atoms with Crippen molar-refractivity contribution in [3.63, 3.8) is 0 Å². The van der Waals surface area contributed by atoms with Crippen molar-refractivity contribution in [2.75, 3.05) is 0 Å². The lowest BCUT2D eigenvalue weighted by Gasteiger charge is -2.15. The number of carbonyl (C=O) groups is 1. The monoisotopic (exact) mass is 331 g/mol. The van der Waals surface area contributed by atoms with Gasteiger partial charge in [-0.25, -0.2) is 0 Å². The van der Waals surface area contributed by atoms with Gasteiger partial charge in [-0.3, -0.25) is 4.79 Å². The van der Waals surface area contributed by atoms with Crippen LogP contribution in [0.4, 0.5) is 0 Å². The molecule has 2 N–H and O–H groups in total. The smallest absolute Gasteiger partial charge is 0.225 e. The molecule has 0 saturated heterocycles. The van der Waals surface area contributed by atoms with E-state index in [9.17, 15) is 4.79 Å². The van der Waals surface area contributed by atoms with Gasteiger partial charge in [0, 0.05) is 4.47 Å². The molecule has 2 aromatic rings. The van der Waals surface area contributed by atoms with E-state index in [1.807, 2.05) is 36.4 Å². The van der Waals surface area contributed by atoms with E-state index in [0.29, 0.717) is 6.42 Å². The van der Waals surface area contributed by atoms with Gasteiger partial charge in [0.25, 0.3) is 0 Å². The van der Waals surface area contributed by atoms with Gasteiger partial charge in [-0.1, -0.05) is 59.3 Å². The minimum absolute atomic E-state index is 0.279. The second-order valence-electron chi connectivity index (χ2n) is 4.89. The molecule has 0 aromatic heterocycles. The van der Waals surface area contributed by atoms with Crippen molar-refractivity contribution < 1.29 is 4.79 Å². The maximum absolute atomic E-state index is 11.8. The van der Waals surface area contributed by atoms with Crippen molar-refractivity contribution in [1.82, 2.24) is 0 Å². The van der Waals surface area contributed by atoms with Crippen LogP contribution in [0.15, 0.2) is 53.0 Å². The highest BCUT2D eigenvalue weighted by Gasteiger charge is 2.18. The number of carbonyl (C=O) groups excluding carboxylic acids is 1. The number of rotatable bonds is 5. The van der Waals surface area contributed by atoms with E-state index >= 15 is 0 Å². The van der Waals surface area contributed by atoms with Gasteiger partial charge in [0.2, 0.25) is 5.91 Å². The SMILES string of the molecule is CCc1cccc(C(Cc2cccc(Br)c2)C(N)=O)c1. The lowest BCUT2D eigenvalue weighted by atomic mass is 9.90. The molecule has 2 rings (SSSR count). The maximum Gasteiger partial charge on any atom is 0.225 e. The summed E-state index contributed by atoms with van der Waals surface area (Å²) >= 11 is 3.45. The average molecular weight is 332 g/mol. The number of nitrogens with two attached hydrogens (primary N) is 1. The molecule has 0 fully saturated rings. The number of benzene rings is 2. The van der Waals surface area contributed by atoms with Gasteiger partial charge in [-0.2, -0.15) is 0 Å². The number of hydrogen-bond acceptors (Lipinski definition) is 1. The van der Waals surface area contributed by atoms with Crippen molar-refractivity contribution in [2.24, 2.45) is 5.73 Å². The zero-order chi connectivity index (χ0) is 14.5. The number of aryl methyl sites for hydroxylation is 1. The summed E-state index contributed by atoms with van der Waals surface area (Å²) in [6, 6.07) is 16.1. The van der Waals surface area contributed by atoms with Crippen LogP contribution in [0, 0.1) is 0 Å². The lowest BCUT2D eigenvalue weighted by molar-refractivity contribution is -0.119. The second kappa shape index (κ2) is 6.71. The zero-order valence-electron chi connectivity index (χ0n) is 11.5. The Balaban J connectivity index is 2.29. The molecule has 0 radical (unpaired) electrons. The maximum atomic E-state index is 11.8. The molecule has 0 heterocycles. The molecule has 0 aliphatic heterocycles. The Hall–Kier alpha value is -1.61. The third-order valence-electron chi connectivity index (χ3n) is 3.43. The van der Waals surface area contributed by atoms with Crippen molar-refractivity contribution in [3.8, 4) is 0 Å². The summed E-state index contributed by atoms with van der Waals surface area (Å²) in [6.45, 7) is 2.10. The molecular weight excluding hydrogens is 314 g/mol. The van der Waals surface area contributed by atoms with Gasteiger partial charge in [-0.15, -0.1) is 0 Å². The molecule has 0 saturated carbocycles. The molecule has 2 nitrogen and oxygen atoms in total. The van der Waals surface area contributed by atoms with E-state index in [1.54, 1.807) is 0 Å². The van der Waals surface area contributed by atoms with Gasteiger partial charge in [0.15, 0.2) is 0 Å². The molecule has 3 heteroatoms. The largest absolute Gasteiger partial charge is 0.369 e. The Labute approximate surface area is 128 Å². The second-order valence-corrected chi connectivity index (χ2v) is 5.80. The van der Waals surface area contributed by atoms with Crippen LogP contribution in [0.5, 0.6) is 0 Å². The van der Waals surface area contributed by atoms with Gasteiger partial charge < -0.3 is 5.73 Å². The van der Waals surface area contributed by atoms with Crippen molar-refractivity contribution in [3.05, 3.63) is 69.7 Å². The van der Waals surface area contributed by atoms with Gasteiger partial charge in [0.1, 0.15) is 0 Å². The molecular formula is C17H18BrNO. The van der Waals surface area contributed by atoms with E-state index in [2.05, 4.69) is 35.0 Å². The quantitative estimate of drug-likeness (QED) is 0.889. The zero-order valence-corrected chi connectivity index (χ0v) is 13.1. The Morgan fingerprint density at radius 1 is 1.15 bits per heavy atom. The molecule has 104 valence electrons. The molecule has 0 bridgehead atoms. The third kappa shape index (κ3) is 3.70. The van der Waals surface area contributed by atoms with E-state index in [4.69, 9.17) is 5.73 Å². The molecule has 1 amide bonds. The van der Waals surface area contributed by atoms with Crippen molar-refractivity contribution in [2.45, 2.75) is 25.7 Å². The van der Waals surface area contributed by atoms with Crippen LogP contribution in [0.1, 0.15) is 29.5 Å². The van der Waals surface area contributed by atoms with E-state index in [1.165, 1.54) is 5.56 Å². The highest BCUT2D eigenvalue weighted by molar-refractivity contribution is 9.10. The van der Waals surface area contributed by atoms with Crippen LogP contribution in [0.25, 0.3) is 0 Å². The molecule has 20 heavy (non-hydrogen) atoms. The Kier molecular flexibility index (Phi) is 4.96. The Morgan fingerprint density at radius 3 is 2.50 bits per heavy atom. The number of amides is 1. The van der Waals surface area contributed by atoms with E-state index in [-0.39, 0.29) is 11.8 Å². The summed E-state index contributed by atoms with van der Waals surface area (Å²) in [5, 5.41) is 0. The summed E-state index contributed by atoms with van der Waals surface area (Å²) < 4.78 is 1.01. The molecule has 0 aliphatic carbocycles. The van der Waals surface area contributed by atoms with Gasteiger partial charge in [0.05, 0.1) is 5.92 Å². The summed E-state index contributed by atoms with van der Waals surface area (Å²) in [4.78, 5) is 11.8. The van der Waals surface area contributed by atoms with Crippen LogP contribution < -0.4 is 5.73 Å². The van der Waals surface area contributed by atoms with Gasteiger partial charge in [-0.05, 0) is 41.7 Å². The number of primary amides is 1. The highest BCUT2D eigenvalue weighted by Crippen LogP contribution is 2.23.